The highest BCUT2D eigenvalue weighted by Gasteiger charge is 2.39. The Morgan fingerprint density at radius 3 is 2.56 bits per heavy atom. The van der Waals surface area contributed by atoms with Crippen molar-refractivity contribution in [3.8, 4) is 0 Å². The molecule has 1 N–H and O–H groups in total. The van der Waals surface area contributed by atoms with E-state index < -0.39 is 0 Å². The summed E-state index contributed by atoms with van der Waals surface area (Å²) in [5.41, 5.74) is 2.72. The molecule has 18 heavy (non-hydrogen) atoms. The molecule has 2 heteroatoms. The van der Waals surface area contributed by atoms with Crippen LogP contribution in [-0.4, -0.2) is 25.2 Å². The topological polar surface area (TPSA) is 15.3 Å². The molecule has 2 heterocycles. The quantitative estimate of drug-likeness (QED) is 0.876. The highest BCUT2D eigenvalue weighted by molar-refractivity contribution is 5.47. The molecule has 2 bridgehead atoms. The lowest BCUT2D eigenvalue weighted by molar-refractivity contribution is 0.405. The Morgan fingerprint density at radius 1 is 1.22 bits per heavy atom. The molecule has 98 valence electrons. The average Bonchev–Trinajstić information content (AvgIpc) is 2.99. The molecular formula is C16H24N2. The van der Waals surface area contributed by atoms with Gasteiger partial charge in [0.05, 0.1) is 0 Å². The second-order valence-electron chi connectivity index (χ2n) is 5.92. The maximum atomic E-state index is 3.74. The van der Waals surface area contributed by atoms with Crippen molar-refractivity contribution in [2.45, 2.75) is 45.2 Å². The second kappa shape index (κ2) is 4.93. The van der Waals surface area contributed by atoms with E-state index in [9.17, 15) is 0 Å². The van der Waals surface area contributed by atoms with E-state index in [1.165, 1.54) is 37.1 Å². The van der Waals surface area contributed by atoms with Crippen molar-refractivity contribution in [1.29, 1.82) is 0 Å². The monoisotopic (exact) mass is 244 g/mol. The number of fused-ring (bicyclic) bond motifs is 2. The number of aryl methyl sites for hydroxylation is 1. The number of nitrogens with zero attached hydrogens (tertiary/aromatic N) is 1. The van der Waals surface area contributed by atoms with E-state index in [4.69, 9.17) is 0 Å². The van der Waals surface area contributed by atoms with Crippen LogP contribution in [0.5, 0.6) is 0 Å². The number of rotatable bonds is 4. The number of nitrogens with one attached hydrogen (secondary N) is 1. The first-order valence-corrected chi connectivity index (χ1v) is 7.34. The molecule has 2 nitrogen and oxygen atoms in total. The Balaban J connectivity index is 1.67. The van der Waals surface area contributed by atoms with Crippen LogP contribution in [0.3, 0.4) is 0 Å². The predicted molar refractivity (Wildman–Crippen MR) is 77.1 cm³/mol. The lowest BCUT2D eigenvalue weighted by Gasteiger charge is -2.30. The summed E-state index contributed by atoms with van der Waals surface area (Å²) < 4.78 is 0. The maximum absolute atomic E-state index is 3.74. The summed E-state index contributed by atoms with van der Waals surface area (Å²) in [6.07, 6.45) is 4.17. The highest BCUT2D eigenvalue weighted by atomic mass is 15.1. The van der Waals surface area contributed by atoms with Crippen molar-refractivity contribution in [3.05, 3.63) is 29.8 Å². The first kappa shape index (κ1) is 12.0. The van der Waals surface area contributed by atoms with Crippen LogP contribution in [0.4, 0.5) is 5.69 Å². The van der Waals surface area contributed by atoms with Crippen LogP contribution in [0.2, 0.25) is 0 Å². The summed E-state index contributed by atoms with van der Waals surface area (Å²) in [6.45, 7) is 6.74. The Labute approximate surface area is 110 Å². The van der Waals surface area contributed by atoms with Gasteiger partial charge in [0.2, 0.25) is 0 Å². The van der Waals surface area contributed by atoms with Gasteiger partial charge in [-0.25, -0.2) is 0 Å². The highest BCUT2D eigenvalue weighted by Crippen LogP contribution is 2.34. The van der Waals surface area contributed by atoms with Crippen molar-refractivity contribution >= 4 is 5.69 Å². The fraction of sp³-hybridized carbons (Fsp3) is 0.625. The number of hydrogen-bond donors (Lipinski definition) is 1. The molecule has 2 fully saturated rings. The van der Waals surface area contributed by atoms with Gasteiger partial charge in [-0.15, -0.1) is 0 Å². The van der Waals surface area contributed by atoms with E-state index in [1.807, 2.05) is 0 Å². The lowest BCUT2D eigenvalue weighted by Crippen LogP contribution is -2.35. The molecule has 0 radical (unpaired) electrons. The molecular weight excluding hydrogens is 220 g/mol. The summed E-state index contributed by atoms with van der Waals surface area (Å²) in [5.74, 6) is 0.852. The minimum Gasteiger partial charge on any atom is -0.371 e. The summed E-state index contributed by atoms with van der Waals surface area (Å²) in [6, 6.07) is 10.6. The maximum Gasteiger partial charge on any atom is 0.0366 e. The third kappa shape index (κ3) is 2.26. The summed E-state index contributed by atoms with van der Waals surface area (Å²) in [4.78, 5) is 2.53. The van der Waals surface area contributed by atoms with Crippen LogP contribution in [0.25, 0.3) is 0 Å². The molecule has 2 aliphatic heterocycles. The minimum absolute atomic E-state index is 0.787. The van der Waals surface area contributed by atoms with Crippen LogP contribution in [0.15, 0.2) is 24.3 Å². The van der Waals surface area contributed by atoms with Gasteiger partial charge in [0.25, 0.3) is 0 Å². The third-order valence-corrected chi connectivity index (χ3v) is 4.67. The van der Waals surface area contributed by atoms with Gasteiger partial charge < -0.3 is 10.2 Å². The first-order chi connectivity index (χ1) is 8.76. The van der Waals surface area contributed by atoms with Gasteiger partial charge in [-0.05, 0) is 51.2 Å². The van der Waals surface area contributed by atoms with E-state index in [0.29, 0.717) is 0 Å². The molecule has 0 aliphatic carbocycles. The minimum atomic E-state index is 0.787. The largest absolute Gasteiger partial charge is 0.371 e. The standard InChI is InChI=1S/C16H24N2/c1-3-18(15-7-4-12(2)5-8-15)11-13-10-14-6-9-16(13)17-14/h4-5,7-8,13-14,16-17H,3,6,9-11H2,1-2H3. The third-order valence-electron chi connectivity index (χ3n) is 4.67. The fourth-order valence-electron chi connectivity index (χ4n) is 3.60. The SMILES string of the molecule is CCN(CC1CC2CCC1N2)c1ccc(C)cc1. The zero-order valence-electron chi connectivity index (χ0n) is 11.5. The molecule has 3 atom stereocenters. The van der Waals surface area contributed by atoms with Crippen LogP contribution < -0.4 is 10.2 Å². The number of anilines is 1. The van der Waals surface area contributed by atoms with Gasteiger partial charge in [0.15, 0.2) is 0 Å². The van der Waals surface area contributed by atoms with Crippen LogP contribution >= 0.6 is 0 Å². The molecule has 3 rings (SSSR count). The summed E-state index contributed by atoms with van der Waals surface area (Å²) in [5, 5.41) is 3.74. The van der Waals surface area contributed by atoms with Gasteiger partial charge in [0, 0.05) is 30.9 Å². The number of hydrogen-bond acceptors (Lipinski definition) is 2. The van der Waals surface area contributed by atoms with Crippen molar-refractivity contribution in [2.75, 3.05) is 18.0 Å². The molecule has 3 unspecified atom stereocenters. The smallest absolute Gasteiger partial charge is 0.0366 e. The molecule has 0 saturated carbocycles. The normalized spacial score (nSPS) is 29.8. The lowest BCUT2D eigenvalue weighted by atomic mass is 9.88. The average molecular weight is 244 g/mol. The van der Waals surface area contributed by atoms with Crippen molar-refractivity contribution < 1.29 is 0 Å². The molecule has 1 aromatic carbocycles. The van der Waals surface area contributed by atoms with Crippen molar-refractivity contribution in [1.82, 2.24) is 5.32 Å². The van der Waals surface area contributed by atoms with Crippen LogP contribution in [0, 0.1) is 12.8 Å². The molecule has 0 spiro atoms. The Hall–Kier alpha value is -1.02. The summed E-state index contributed by atoms with van der Waals surface area (Å²) >= 11 is 0. The molecule has 2 saturated heterocycles. The van der Waals surface area contributed by atoms with Gasteiger partial charge in [0.1, 0.15) is 0 Å². The fourth-order valence-corrected chi connectivity index (χ4v) is 3.60. The number of benzene rings is 1. The van der Waals surface area contributed by atoms with Gasteiger partial charge in [-0.1, -0.05) is 17.7 Å². The first-order valence-electron chi connectivity index (χ1n) is 7.34. The molecule has 1 aromatic rings. The van der Waals surface area contributed by atoms with Gasteiger partial charge in [-0.2, -0.15) is 0 Å². The predicted octanol–water partition coefficient (Wildman–Crippen LogP) is 2.96. The van der Waals surface area contributed by atoms with E-state index in [1.54, 1.807) is 0 Å². The molecule has 2 aliphatic rings. The van der Waals surface area contributed by atoms with Gasteiger partial charge in [-0.3, -0.25) is 0 Å². The van der Waals surface area contributed by atoms with Crippen molar-refractivity contribution in [3.63, 3.8) is 0 Å². The van der Waals surface area contributed by atoms with Crippen molar-refractivity contribution in [2.24, 2.45) is 5.92 Å². The van der Waals surface area contributed by atoms with E-state index >= 15 is 0 Å². The Morgan fingerprint density at radius 2 is 2.00 bits per heavy atom. The van der Waals surface area contributed by atoms with E-state index in [-0.39, 0.29) is 0 Å². The zero-order valence-corrected chi connectivity index (χ0v) is 11.5. The zero-order chi connectivity index (χ0) is 12.5. The van der Waals surface area contributed by atoms with Crippen LogP contribution in [0.1, 0.15) is 31.7 Å². The van der Waals surface area contributed by atoms with Crippen LogP contribution in [-0.2, 0) is 0 Å². The van der Waals surface area contributed by atoms with Gasteiger partial charge >= 0.3 is 0 Å². The summed E-state index contributed by atoms with van der Waals surface area (Å²) in [7, 11) is 0. The molecule has 0 aromatic heterocycles. The van der Waals surface area contributed by atoms with E-state index in [0.717, 1.165) is 24.5 Å². The van der Waals surface area contributed by atoms with E-state index in [2.05, 4.69) is 48.3 Å². The molecule has 0 amide bonds. The Kier molecular flexibility index (Phi) is 3.29. The Bertz CT molecular complexity index is 398. The second-order valence-corrected chi connectivity index (χ2v) is 5.92.